The molecule has 2 saturated heterocycles. The van der Waals surface area contributed by atoms with Crippen LogP contribution in [-0.4, -0.2) is 88.5 Å². The highest BCUT2D eigenvalue weighted by Gasteiger charge is 2.34. The number of morpholine rings is 1. The van der Waals surface area contributed by atoms with Gasteiger partial charge in [-0.2, -0.15) is 0 Å². The first-order valence-electron chi connectivity index (χ1n) is 11.1. The van der Waals surface area contributed by atoms with Crippen LogP contribution in [0.2, 0.25) is 0 Å². The van der Waals surface area contributed by atoms with Gasteiger partial charge in [0.25, 0.3) is 0 Å². The Labute approximate surface area is 165 Å². The van der Waals surface area contributed by atoms with Gasteiger partial charge in [-0.05, 0) is 26.2 Å². The molecule has 0 aromatic heterocycles. The summed E-state index contributed by atoms with van der Waals surface area (Å²) in [6, 6.07) is 0. The second-order valence-corrected chi connectivity index (χ2v) is 8.73. The van der Waals surface area contributed by atoms with E-state index >= 15 is 0 Å². The Morgan fingerprint density at radius 1 is 1.15 bits per heavy atom. The summed E-state index contributed by atoms with van der Waals surface area (Å²) in [7, 11) is 2.18. The zero-order chi connectivity index (χ0) is 19.0. The molecule has 0 spiro atoms. The van der Waals surface area contributed by atoms with Crippen LogP contribution in [0.4, 0.5) is 0 Å². The molecular formula is C21H40N4O2. The van der Waals surface area contributed by atoms with Crippen molar-refractivity contribution in [1.82, 2.24) is 15.1 Å². The first-order chi connectivity index (χ1) is 13.2. The third-order valence-corrected chi connectivity index (χ3v) is 6.39. The zero-order valence-electron chi connectivity index (χ0n) is 17.5. The number of hydrogen-bond donors (Lipinski definition) is 1. The van der Waals surface area contributed by atoms with Gasteiger partial charge in [-0.3, -0.25) is 9.89 Å². The molecule has 0 amide bonds. The van der Waals surface area contributed by atoms with Gasteiger partial charge in [-0.1, -0.05) is 19.3 Å². The summed E-state index contributed by atoms with van der Waals surface area (Å²) in [6.45, 7) is 12.0. The molecule has 3 rings (SSSR count). The van der Waals surface area contributed by atoms with Crippen molar-refractivity contribution < 1.29 is 9.47 Å². The fourth-order valence-electron chi connectivity index (χ4n) is 4.81. The first-order valence-corrected chi connectivity index (χ1v) is 11.1. The van der Waals surface area contributed by atoms with E-state index in [-0.39, 0.29) is 0 Å². The van der Waals surface area contributed by atoms with Gasteiger partial charge >= 0.3 is 0 Å². The number of ether oxygens (including phenoxy) is 2. The first kappa shape index (κ1) is 20.9. The molecule has 1 unspecified atom stereocenters. The van der Waals surface area contributed by atoms with Gasteiger partial charge in [-0.15, -0.1) is 0 Å². The topological polar surface area (TPSA) is 49.3 Å². The van der Waals surface area contributed by atoms with Gasteiger partial charge < -0.3 is 19.7 Å². The summed E-state index contributed by atoms with van der Waals surface area (Å²) in [5, 5.41) is 3.52. The molecule has 1 N–H and O–H groups in total. The van der Waals surface area contributed by atoms with Gasteiger partial charge in [0.2, 0.25) is 0 Å². The molecule has 6 nitrogen and oxygen atoms in total. The normalized spacial score (nSPS) is 26.9. The van der Waals surface area contributed by atoms with E-state index in [1.54, 1.807) is 0 Å². The van der Waals surface area contributed by atoms with Gasteiger partial charge in [0, 0.05) is 64.3 Å². The summed E-state index contributed by atoms with van der Waals surface area (Å²) in [6.07, 6.45) is 7.89. The molecule has 3 fully saturated rings. The van der Waals surface area contributed by atoms with E-state index in [0.717, 1.165) is 65.1 Å². The van der Waals surface area contributed by atoms with E-state index in [1.807, 2.05) is 0 Å². The highest BCUT2D eigenvalue weighted by Crippen LogP contribution is 2.37. The lowest BCUT2D eigenvalue weighted by Gasteiger charge is -2.41. The van der Waals surface area contributed by atoms with Crippen LogP contribution in [0, 0.1) is 11.3 Å². The van der Waals surface area contributed by atoms with E-state index in [4.69, 9.17) is 14.5 Å². The number of hydrogen-bond acceptors (Lipinski definition) is 4. The van der Waals surface area contributed by atoms with E-state index < -0.39 is 0 Å². The Bertz CT molecular complexity index is 453. The molecule has 27 heavy (non-hydrogen) atoms. The number of aliphatic imine (C=N–C) groups is 1. The van der Waals surface area contributed by atoms with E-state index in [1.165, 1.54) is 45.1 Å². The minimum atomic E-state index is 0.341. The molecule has 0 aromatic rings. The van der Waals surface area contributed by atoms with Crippen molar-refractivity contribution in [2.45, 2.75) is 45.4 Å². The zero-order valence-corrected chi connectivity index (χ0v) is 17.5. The fourth-order valence-corrected chi connectivity index (χ4v) is 4.81. The quantitative estimate of drug-likeness (QED) is 0.542. The largest absolute Gasteiger partial charge is 0.381 e. The van der Waals surface area contributed by atoms with Crippen LogP contribution in [0.5, 0.6) is 0 Å². The second kappa shape index (κ2) is 10.6. The van der Waals surface area contributed by atoms with Crippen molar-refractivity contribution in [3.63, 3.8) is 0 Å². The highest BCUT2D eigenvalue weighted by molar-refractivity contribution is 5.79. The van der Waals surface area contributed by atoms with Crippen molar-refractivity contribution in [3.05, 3.63) is 0 Å². The average molecular weight is 381 g/mol. The van der Waals surface area contributed by atoms with E-state index in [2.05, 4.69) is 29.1 Å². The molecule has 0 radical (unpaired) electrons. The molecule has 6 heteroatoms. The Hall–Kier alpha value is -0.850. The maximum absolute atomic E-state index is 5.55. The van der Waals surface area contributed by atoms with Gasteiger partial charge in [0.05, 0.1) is 19.8 Å². The smallest absolute Gasteiger partial charge is 0.193 e. The summed E-state index contributed by atoms with van der Waals surface area (Å²) in [5.41, 5.74) is 0.341. The number of rotatable bonds is 7. The molecule has 1 saturated carbocycles. The lowest BCUT2D eigenvalue weighted by atomic mass is 9.73. The van der Waals surface area contributed by atoms with Crippen molar-refractivity contribution >= 4 is 5.96 Å². The Kier molecular flexibility index (Phi) is 8.22. The number of nitrogens with zero attached hydrogens (tertiary/aromatic N) is 3. The SMILES string of the molecule is CCNC(=NCC1(CN2CCOCC2)CCCCC1)N(C)CC1CCOC1. The lowest BCUT2D eigenvalue weighted by molar-refractivity contribution is 0.00933. The Balaban J connectivity index is 1.63. The predicted molar refractivity (Wildman–Crippen MR) is 110 cm³/mol. The van der Waals surface area contributed by atoms with Crippen molar-refractivity contribution in [3.8, 4) is 0 Å². The third kappa shape index (κ3) is 6.33. The standard InChI is InChI=1S/C21H40N4O2/c1-3-22-20(24(2)15-19-7-12-27-16-19)23-17-21(8-5-4-6-9-21)18-25-10-13-26-14-11-25/h19H,3-18H2,1-2H3,(H,22,23). The van der Waals surface area contributed by atoms with Crippen LogP contribution < -0.4 is 5.32 Å². The van der Waals surface area contributed by atoms with Crippen molar-refractivity contribution in [1.29, 1.82) is 0 Å². The Morgan fingerprint density at radius 2 is 1.93 bits per heavy atom. The predicted octanol–water partition coefficient (Wildman–Crippen LogP) is 2.20. The highest BCUT2D eigenvalue weighted by atomic mass is 16.5. The van der Waals surface area contributed by atoms with Crippen LogP contribution in [0.25, 0.3) is 0 Å². The minimum absolute atomic E-state index is 0.341. The minimum Gasteiger partial charge on any atom is -0.381 e. The molecule has 2 aliphatic heterocycles. The molecule has 1 aliphatic carbocycles. The van der Waals surface area contributed by atoms with Crippen molar-refractivity contribution in [2.75, 3.05) is 72.7 Å². The maximum atomic E-state index is 5.55. The van der Waals surface area contributed by atoms with Crippen LogP contribution in [0.3, 0.4) is 0 Å². The maximum Gasteiger partial charge on any atom is 0.193 e. The molecular weight excluding hydrogens is 340 g/mol. The van der Waals surface area contributed by atoms with Crippen LogP contribution in [0.15, 0.2) is 4.99 Å². The molecule has 0 bridgehead atoms. The van der Waals surface area contributed by atoms with Gasteiger partial charge in [-0.25, -0.2) is 0 Å². The average Bonchev–Trinajstić information content (AvgIpc) is 3.19. The lowest BCUT2D eigenvalue weighted by Crippen LogP contribution is -2.47. The second-order valence-electron chi connectivity index (χ2n) is 8.73. The number of guanidine groups is 1. The summed E-state index contributed by atoms with van der Waals surface area (Å²) in [4.78, 5) is 10.1. The number of nitrogens with one attached hydrogen (secondary N) is 1. The molecule has 156 valence electrons. The summed E-state index contributed by atoms with van der Waals surface area (Å²) < 4.78 is 11.1. The summed E-state index contributed by atoms with van der Waals surface area (Å²) in [5.74, 6) is 1.70. The summed E-state index contributed by atoms with van der Waals surface area (Å²) >= 11 is 0. The van der Waals surface area contributed by atoms with Crippen LogP contribution >= 0.6 is 0 Å². The molecule has 3 aliphatic rings. The van der Waals surface area contributed by atoms with Gasteiger partial charge in [0.1, 0.15) is 0 Å². The molecule has 2 heterocycles. The monoisotopic (exact) mass is 380 g/mol. The van der Waals surface area contributed by atoms with E-state index in [0.29, 0.717) is 11.3 Å². The molecule has 1 atom stereocenters. The third-order valence-electron chi connectivity index (χ3n) is 6.39. The molecule has 0 aromatic carbocycles. The van der Waals surface area contributed by atoms with Crippen molar-refractivity contribution in [2.24, 2.45) is 16.3 Å². The fraction of sp³-hybridized carbons (Fsp3) is 0.952. The Morgan fingerprint density at radius 3 is 2.59 bits per heavy atom. The van der Waals surface area contributed by atoms with E-state index in [9.17, 15) is 0 Å². The van der Waals surface area contributed by atoms with Crippen LogP contribution in [-0.2, 0) is 9.47 Å². The van der Waals surface area contributed by atoms with Gasteiger partial charge in [0.15, 0.2) is 5.96 Å². The van der Waals surface area contributed by atoms with Crippen LogP contribution in [0.1, 0.15) is 45.4 Å².